The monoisotopic (exact) mass is 499 g/mol. The standard InChI is InChI=1S/C24H17F4N5O3/c25-19-9-30-20(32-21(19)31-17-3-4-18-13(8-17)5-6-29-22(18)34)14-1-2-15-10-33(11-16(15)7-14)23(35)36-12-24(26,27)28/h1-9H,10-12H2,(H,29,34)(H,30,31,32). The van der Waals surface area contributed by atoms with Crippen LogP contribution in [0.4, 0.5) is 33.9 Å². The third-order valence-electron chi connectivity index (χ3n) is 5.58. The van der Waals surface area contributed by atoms with Crippen molar-refractivity contribution in [2.75, 3.05) is 11.9 Å². The zero-order valence-corrected chi connectivity index (χ0v) is 18.4. The van der Waals surface area contributed by atoms with Gasteiger partial charge in [0.15, 0.2) is 24.1 Å². The van der Waals surface area contributed by atoms with Gasteiger partial charge >= 0.3 is 12.3 Å². The average molecular weight is 499 g/mol. The van der Waals surface area contributed by atoms with Crippen LogP contribution >= 0.6 is 0 Å². The molecular weight excluding hydrogens is 482 g/mol. The van der Waals surface area contributed by atoms with Gasteiger partial charge in [0, 0.05) is 35.9 Å². The van der Waals surface area contributed by atoms with Gasteiger partial charge in [-0.15, -0.1) is 0 Å². The molecule has 3 heterocycles. The normalized spacial score (nSPS) is 13.1. The van der Waals surface area contributed by atoms with Gasteiger partial charge in [-0.05, 0) is 46.8 Å². The molecule has 1 aliphatic heterocycles. The molecule has 184 valence electrons. The Labute approximate surface area is 200 Å². The van der Waals surface area contributed by atoms with Crippen LogP contribution < -0.4 is 10.9 Å². The number of H-pyrrole nitrogens is 1. The Morgan fingerprint density at radius 3 is 2.72 bits per heavy atom. The fourth-order valence-corrected chi connectivity index (χ4v) is 3.90. The molecule has 0 atom stereocenters. The van der Waals surface area contributed by atoms with Gasteiger partial charge in [-0.3, -0.25) is 9.69 Å². The molecule has 0 saturated heterocycles. The Bertz CT molecular complexity index is 1540. The minimum atomic E-state index is -4.61. The SMILES string of the molecule is O=C(OCC(F)(F)F)N1Cc2ccc(-c3ncc(F)c(Nc4ccc5c(=O)[nH]ccc5c4)n3)cc2C1. The molecule has 2 aromatic carbocycles. The number of amides is 1. The molecular formula is C24H17F4N5O3. The lowest BCUT2D eigenvalue weighted by Gasteiger charge is -2.16. The number of benzene rings is 2. The van der Waals surface area contributed by atoms with Crippen LogP contribution in [0.15, 0.2) is 59.7 Å². The fraction of sp³-hybridized carbons (Fsp3) is 0.167. The second-order valence-electron chi connectivity index (χ2n) is 8.13. The maximum atomic E-state index is 14.5. The van der Waals surface area contributed by atoms with Gasteiger partial charge in [0.25, 0.3) is 5.56 Å². The molecule has 0 unspecified atom stereocenters. The number of rotatable bonds is 4. The minimum absolute atomic E-state index is 0.0579. The number of ether oxygens (including phenoxy) is 1. The first-order chi connectivity index (χ1) is 17.2. The number of hydrogen-bond acceptors (Lipinski definition) is 6. The van der Waals surface area contributed by atoms with Crippen LogP contribution in [0.3, 0.4) is 0 Å². The first-order valence-electron chi connectivity index (χ1n) is 10.7. The van der Waals surface area contributed by atoms with Crippen molar-refractivity contribution in [3.63, 3.8) is 0 Å². The van der Waals surface area contributed by atoms with E-state index in [0.29, 0.717) is 27.6 Å². The van der Waals surface area contributed by atoms with Crippen molar-refractivity contribution in [2.24, 2.45) is 0 Å². The maximum Gasteiger partial charge on any atom is 0.422 e. The van der Waals surface area contributed by atoms with Crippen LogP contribution in [0.25, 0.3) is 22.2 Å². The summed E-state index contributed by atoms with van der Waals surface area (Å²) in [5.74, 6) is -0.566. The summed E-state index contributed by atoms with van der Waals surface area (Å²) in [5.41, 5.74) is 2.25. The molecule has 12 heteroatoms. The van der Waals surface area contributed by atoms with Crippen molar-refractivity contribution in [3.8, 4) is 11.4 Å². The predicted molar refractivity (Wildman–Crippen MR) is 122 cm³/mol. The third kappa shape index (κ3) is 4.83. The second kappa shape index (κ2) is 8.95. The van der Waals surface area contributed by atoms with Crippen LogP contribution in [0.1, 0.15) is 11.1 Å². The van der Waals surface area contributed by atoms with Gasteiger partial charge in [0.2, 0.25) is 0 Å². The minimum Gasteiger partial charge on any atom is -0.440 e. The highest BCUT2D eigenvalue weighted by Crippen LogP contribution is 2.29. The molecule has 0 radical (unpaired) electrons. The van der Waals surface area contributed by atoms with Gasteiger partial charge in [-0.25, -0.2) is 19.2 Å². The number of nitrogens with zero attached hydrogens (tertiary/aromatic N) is 3. The van der Waals surface area contributed by atoms with Crippen molar-refractivity contribution in [2.45, 2.75) is 19.3 Å². The van der Waals surface area contributed by atoms with Gasteiger partial charge in [-0.2, -0.15) is 13.2 Å². The molecule has 1 amide bonds. The van der Waals surface area contributed by atoms with E-state index in [0.717, 1.165) is 16.7 Å². The average Bonchev–Trinajstić information content (AvgIpc) is 3.27. The highest BCUT2D eigenvalue weighted by atomic mass is 19.4. The number of carbonyl (C=O) groups is 1. The molecule has 0 saturated carbocycles. The van der Waals surface area contributed by atoms with Crippen molar-refractivity contribution < 1.29 is 27.1 Å². The zero-order chi connectivity index (χ0) is 25.4. The molecule has 36 heavy (non-hydrogen) atoms. The van der Waals surface area contributed by atoms with Gasteiger partial charge in [0.05, 0.1) is 6.20 Å². The lowest BCUT2D eigenvalue weighted by molar-refractivity contribution is -0.162. The van der Waals surface area contributed by atoms with E-state index in [9.17, 15) is 27.2 Å². The lowest BCUT2D eigenvalue weighted by atomic mass is 10.1. The summed E-state index contributed by atoms with van der Waals surface area (Å²) in [6.45, 7) is -1.49. The van der Waals surface area contributed by atoms with Gasteiger partial charge in [-0.1, -0.05) is 12.1 Å². The zero-order valence-electron chi connectivity index (χ0n) is 18.4. The summed E-state index contributed by atoms with van der Waals surface area (Å²) in [4.78, 5) is 35.9. The molecule has 0 bridgehead atoms. The van der Waals surface area contributed by atoms with E-state index >= 15 is 0 Å². The van der Waals surface area contributed by atoms with E-state index < -0.39 is 24.7 Å². The van der Waals surface area contributed by atoms with E-state index in [1.807, 2.05) is 0 Å². The summed E-state index contributed by atoms with van der Waals surface area (Å²) in [6.07, 6.45) is -3.13. The molecule has 0 aliphatic carbocycles. The van der Waals surface area contributed by atoms with Crippen LogP contribution in [0, 0.1) is 5.82 Å². The van der Waals surface area contributed by atoms with E-state index in [2.05, 4.69) is 25.0 Å². The first kappa shape index (κ1) is 23.3. The number of nitrogens with one attached hydrogen (secondary N) is 2. The Hall–Kier alpha value is -4.48. The summed E-state index contributed by atoms with van der Waals surface area (Å²) in [6, 6.07) is 11.7. The second-order valence-corrected chi connectivity index (χ2v) is 8.13. The number of halogens is 4. The molecule has 2 aromatic heterocycles. The number of hydrogen-bond donors (Lipinski definition) is 2. The Kier molecular flexibility index (Phi) is 5.78. The molecule has 0 spiro atoms. The number of aromatic nitrogens is 3. The Balaban J connectivity index is 1.35. The first-order valence-corrected chi connectivity index (χ1v) is 10.7. The van der Waals surface area contributed by atoms with Crippen molar-refractivity contribution in [1.29, 1.82) is 0 Å². The summed E-state index contributed by atoms with van der Waals surface area (Å²) in [5, 5.41) is 4.04. The lowest BCUT2D eigenvalue weighted by Crippen LogP contribution is -2.30. The third-order valence-corrected chi connectivity index (χ3v) is 5.58. The van der Waals surface area contributed by atoms with Gasteiger partial charge in [0.1, 0.15) is 0 Å². The number of fused-ring (bicyclic) bond motifs is 2. The molecule has 0 fully saturated rings. The van der Waals surface area contributed by atoms with Crippen molar-refractivity contribution >= 4 is 28.4 Å². The van der Waals surface area contributed by atoms with Gasteiger partial charge < -0.3 is 15.0 Å². The van der Waals surface area contributed by atoms with E-state index in [1.165, 1.54) is 6.20 Å². The number of carbonyl (C=O) groups excluding carboxylic acids is 1. The van der Waals surface area contributed by atoms with Crippen molar-refractivity contribution in [3.05, 3.63) is 82.2 Å². The summed E-state index contributed by atoms with van der Waals surface area (Å²) < 4.78 is 55.8. The number of pyridine rings is 1. The summed E-state index contributed by atoms with van der Waals surface area (Å²) >= 11 is 0. The quantitative estimate of drug-likeness (QED) is 0.388. The Morgan fingerprint density at radius 1 is 1.11 bits per heavy atom. The predicted octanol–water partition coefficient (Wildman–Crippen LogP) is 4.88. The molecule has 4 aromatic rings. The van der Waals surface area contributed by atoms with Crippen molar-refractivity contribution in [1.82, 2.24) is 19.9 Å². The summed E-state index contributed by atoms with van der Waals surface area (Å²) in [7, 11) is 0. The maximum absolute atomic E-state index is 14.5. The van der Waals surface area contributed by atoms with E-state index in [-0.39, 0.29) is 30.3 Å². The molecule has 5 rings (SSSR count). The van der Waals surface area contributed by atoms with Crippen LogP contribution in [-0.4, -0.2) is 38.7 Å². The topological polar surface area (TPSA) is 100 Å². The van der Waals surface area contributed by atoms with Crippen LogP contribution in [-0.2, 0) is 17.8 Å². The Morgan fingerprint density at radius 2 is 1.92 bits per heavy atom. The molecule has 2 N–H and O–H groups in total. The van der Waals surface area contributed by atoms with E-state index in [1.54, 1.807) is 42.5 Å². The number of anilines is 2. The smallest absolute Gasteiger partial charge is 0.422 e. The fourth-order valence-electron chi connectivity index (χ4n) is 3.90. The molecule has 1 aliphatic rings. The number of alkyl halides is 3. The molecule has 8 nitrogen and oxygen atoms in total. The highest BCUT2D eigenvalue weighted by Gasteiger charge is 2.32. The van der Waals surface area contributed by atoms with Crippen LogP contribution in [0.5, 0.6) is 0 Å². The largest absolute Gasteiger partial charge is 0.440 e. The highest BCUT2D eigenvalue weighted by molar-refractivity contribution is 5.85. The number of aromatic amines is 1. The van der Waals surface area contributed by atoms with E-state index in [4.69, 9.17) is 0 Å². The van der Waals surface area contributed by atoms with Crippen LogP contribution in [0.2, 0.25) is 0 Å².